The van der Waals surface area contributed by atoms with E-state index in [9.17, 15) is 30.0 Å². The van der Waals surface area contributed by atoms with Gasteiger partial charge < -0.3 is 39.4 Å². The third-order valence-corrected chi connectivity index (χ3v) is 11.8. The van der Waals surface area contributed by atoms with E-state index in [2.05, 4.69) is 38.2 Å². The number of hydrogen-bond acceptors (Lipinski definition) is 10. The molecule has 0 aliphatic carbocycles. The third-order valence-electron chi connectivity index (χ3n) is 11.8. The average molecular weight is 891 g/mol. The van der Waals surface area contributed by atoms with Gasteiger partial charge in [0.1, 0.15) is 31.0 Å². The molecule has 10 nitrogen and oxygen atoms in total. The number of aliphatic hydroxyl groups excluding tert-OH is 4. The van der Waals surface area contributed by atoms with Crippen LogP contribution < -0.4 is 0 Å². The first kappa shape index (κ1) is 58.7. The van der Waals surface area contributed by atoms with Crippen LogP contribution in [0.1, 0.15) is 219 Å². The standard InChI is InChI=1S/C53H94O10/c1-3-5-7-9-11-13-15-17-19-20-21-22-23-24-25-26-28-29-31-33-35-37-39-41-48(55)60-44-46(45-61-53-52(59)51(58)50(57)47(43-54)63-53)62-49(56)42-40-38-36-34-32-30-27-18-16-14-12-10-8-6-4-2/h26,28,33,35-36,38,40,42,46-47,50-54,57-59H,3-25,27,29-32,34,37,39,41,43-45H2,1-2H3/b28-26+,35-33+,38-36+,42-40+/t46-,47-,50+,51?,52?,53-/m0/s1. The Morgan fingerprint density at radius 3 is 1.46 bits per heavy atom. The van der Waals surface area contributed by atoms with Crippen molar-refractivity contribution in [3.8, 4) is 0 Å². The van der Waals surface area contributed by atoms with Gasteiger partial charge in [0.15, 0.2) is 12.4 Å². The first-order valence-corrected chi connectivity index (χ1v) is 25.7. The van der Waals surface area contributed by atoms with Crippen LogP contribution in [0.3, 0.4) is 0 Å². The Hall–Kier alpha value is -2.34. The van der Waals surface area contributed by atoms with E-state index < -0.39 is 55.4 Å². The second kappa shape index (κ2) is 43.5. The summed E-state index contributed by atoms with van der Waals surface area (Å²) < 4.78 is 22.0. The maximum Gasteiger partial charge on any atom is 0.331 e. The molecule has 1 aliphatic rings. The molecule has 366 valence electrons. The largest absolute Gasteiger partial charge is 0.462 e. The molecule has 0 aromatic rings. The Labute approximate surface area is 384 Å². The molecule has 1 fully saturated rings. The van der Waals surface area contributed by atoms with Crippen LogP contribution in [0, 0.1) is 0 Å². The molecule has 0 aromatic carbocycles. The van der Waals surface area contributed by atoms with Gasteiger partial charge in [0.2, 0.25) is 0 Å². The SMILES string of the molecule is CCCCCCCCCCCCC/C=C/C=C/C(=O)O[C@@H](COC(=O)CCC/C=C/CC/C=C/CCCCCCCCCCCCCCCC)CO[C@H]1O[C@@H](CO)[C@@H](O)C(O)C1O. The molecule has 10 heteroatoms. The summed E-state index contributed by atoms with van der Waals surface area (Å²) in [6, 6.07) is 0. The van der Waals surface area contributed by atoms with Crippen LogP contribution in [0.2, 0.25) is 0 Å². The molecule has 0 aromatic heterocycles. The second-order valence-electron chi connectivity index (χ2n) is 17.7. The zero-order chi connectivity index (χ0) is 45.9. The molecule has 6 atom stereocenters. The summed E-state index contributed by atoms with van der Waals surface area (Å²) in [5, 5.41) is 40.1. The van der Waals surface area contributed by atoms with Gasteiger partial charge in [0, 0.05) is 12.5 Å². The molecule has 0 amide bonds. The van der Waals surface area contributed by atoms with Crippen LogP contribution in [0.15, 0.2) is 48.6 Å². The topological polar surface area (TPSA) is 152 Å². The van der Waals surface area contributed by atoms with Gasteiger partial charge in [-0.3, -0.25) is 4.79 Å². The summed E-state index contributed by atoms with van der Waals surface area (Å²) in [6.07, 6.45) is 46.3. The first-order chi connectivity index (χ1) is 30.8. The van der Waals surface area contributed by atoms with Crippen molar-refractivity contribution in [3.05, 3.63) is 48.6 Å². The molecule has 0 spiro atoms. The Balaban J connectivity index is 2.31. The molecule has 2 unspecified atom stereocenters. The van der Waals surface area contributed by atoms with Gasteiger partial charge in [-0.05, 0) is 51.4 Å². The minimum atomic E-state index is -1.62. The van der Waals surface area contributed by atoms with Crippen molar-refractivity contribution in [1.82, 2.24) is 0 Å². The van der Waals surface area contributed by atoms with Crippen LogP contribution in [0.25, 0.3) is 0 Å². The smallest absolute Gasteiger partial charge is 0.331 e. The predicted octanol–water partition coefficient (Wildman–Crippen LogP) is 12.0. The van der Waals surface area contributed by atoms with Gasteiger partial charge in [-0.1, -0.05) is 204 Å². The fourth-order valence-electron chi connectivity index (χ4n) is 7.71. The van der Waals surface area contributed by atoms with E-state index in [1.807, 2.05) is 12.2 Å². The molecular weight excluding hydrogens is 797 g/mol. The Morgan fingerprint density at radius 2 is 0.968 bits per heavy atom. The van der Waals surface area contributed by atoms with Gasteiger partial charge in [-0.25, -0.2) is 4.79 Å². The summed E-state index contributed by atoms with van der Waals surface area (Å²) in [7, 11) is 0. The van der Waals surface area contributed by atoms with E-state index >= 15 is 0 Å². The van der Waals surface area contributed by atoms with E-state index in [1.165, 1.54) is 160 Å². The summed E-state index contributed by atoms with van der Waals surface area (Å²) >= 11 is 0. The molecule has 0 radical (unpaired) electrons. The van der Waals surface area contributed by atoms with E-state index in [0.717, 1.165) is 38.5 Å². The highest BCUT2D eigenvalue weighted by Gasteiger charge is 2.44. The van der Waals surface area contributed by atoms with Crippen molar-refractivity contribution >= 4 is 11.9 Å². The monoisotopic (exact) mass is 891 g/mol. The number of aliphatic hydroxyl groups is 4. The Morgan fingerprint density at radius 1 is 0.524 bits per heavy atom. The number of carbonyl (C=O) groups excluding carboxylic acids is 2. The van der Waals surface area contributed by atoms with Crippen molar-refractivity contribution in [3.63, 3.8) is 0 Å². The van der Waals surface area contributed by atoms with Gasteiger partial charge in [0.25, 0.3) is 0 Å². The van der Waals surface area contributed by atoms with E-state index in [4.69, 9.17) is 18.9 Å². The lowest BCUT2D eigenvalue weighted by molar-refractivity contribution is -0.305. The zero-order valence-electron chi connectivity index (χ0n) is 40.1. The number of unbranched alkanes of at least 4 members (excludes halogenated alkanes) is 27. The summed E-state index contributed by atoms with van der Waals surface area (Å²) in [6.45, 7) is 3.30. The minimum Gasteiger partial charge on any atom is -0.462 e. The molecule has 1 heterocycles. The lowest BCUT2D eigenvalue weighted by atomic mass is 9.99. The number of rotatable bonds is 43. The Bertz CT molecular complexity index is 1170. The normalized spacial score (nSPS) is 19.9. The average Bonchev–Trinajstić information content (AvgIpc) is 3.28. The highest BCUT2D eigenvalue weighted by Crippen LogP contribution is 2.22. The Kier molecular flexibility index (Phi) is 40.6. The number of allylic oxidation sites excluding steroid dienone is 7. The van der Waals surface area contributed by atoms with Crippen molar-refractivity contribution in [2.75, 3.05) is 19.8 Å². The molecule has 1 saturated heterocycles. The molecule has 0 saturated carbocycles. The lowest BCUT2D eigenvalue weighted by Gasteiger charge is -2.39. The molecule has 63 heavy (non-hydrogen) atoms. The molecule has 4 N–H and O–H groups in total. The van der Waals surface area contributed by atoms with Crippen molar-refractivity contribution < 1.29 is 49.0 Å². The first-order valence-electron chi connectivity index (χ1n) is 25.7. The summed E-state index contributed by atoms with van der Waals surface area (Å²) in [5.41, 5.74) is 0. The number of carbonyl (C=O) groups is 2. The maximum atomic E-state index is 12.7. The lowest BCUT2D eigenvalue weighted by Crippen LogP contribution is -2.59. The highest BCUT2D eigenvalue weighted by molar-refractivity contribution is 5.82. The summed E-state index contributed by atoms with van der Waals surface area (Å²) in [5.74, 6) is -1.10. The van der Waals surface area contributed by atoms with Crippen molar-refractivity contribution in [1.29, 1.82) is 0 Å². The van der Waals surface area contributed by atoms with Crippen molar-refractivity contribution in [2.45, 2.75) is 256 Å². The van der Waals surface area contributed by atoms with Gasteiger partial charge >= 0.3 is 11.9 Å². The fraction of sp³-hybridized carbons (Fsp3) is 0.811. The van der Waals surface area contributed by atoms with Gasteiger partial charge in [-0.15, -0.1) is 0 Å². The maximum absolute atomic E-state index is 12.7. The number of esters is 2. The van der Waals surface area contributed by atoms with E-state index in [1.54, 1.807) is 6.08 Å². The van der Waals surface area contributed by atoms with Gasteiger partial charge in [-0.2, -0.15) is 0 Å². The number of hydrogen-bond donors (Lipinski definition) is 4. The van der Waals surface area contributed by atoms with Crippen LogP contribution in [0.5, 0.6) is 0 Å². The van der Waals surface area contributed by atoms with Crippen LogP contribution in [-0.2, 0) is 28.5 Å². The molecular formula is C53H94O10. The minimum absolute atomic E-state index is 0.196. The molecule has 1 rings (SSSR count). The predicted molar refractivity (Wildman–Crippen MR) is 256 cm³/mol. The van der Waals surface area contributed by atoms with Crippen LogP contribution in [-0.4, -0.2) is 89.0 Å². The fourth-order valence-corrected chi connectivity index (χ4v) is 7.71. The van der Waals surface area contributed by atoms with E-state index in [0.29, 0.717) is 6.42 Å². The van der Waals surface area contributed by atoms with E-state index in [-0.39, 0.29) is 19.6 Å². The van der Waals surface area contributed by atoms with Crippen LogP contribution >= 0.6 is 0 Å². The molecule has 1 aliphatic heterocycles. The summed E-state index contributed by atoms with van der Waals surface area (Å²) in [4.78, 5) is 25.3. The quantitative estimate of drug-likeness (QED) is 0.0153. The zero-order valence-corrected chi connectivity index (χ0v) is 40.1. The van der Waals surface area contributed by atoms with Crippen molar-refractivity contribution in [2.24, 2.45) is 0 Å². The molecule has 0 bridgehead atoms. The third kappa shape index (κ3) is 34.6. The number of ether oxygens (including phenoxy) is 4. The second-order valence-corrected chi connectivity index (χ2v) is 17.7. The highest BCUT2D eigenvalue weighted by atomic mass is 16.7. The van der Waals surface area contributed by atoms with Crippen LogP contribution in [0.4, 0.5) is 0 Å². The van der Waals surface area contributed by atoms with Gasteiger partial charge in [0.05, 0.1) is 13.2 Å².